The summed E-state index contributed by atoms with van der Waals surface area (Å²) in [5, 5.41) is 21.7. The fraction of sp³-hybridized carbons (Fsp3) is 0.720. The fourth-order valence-corrected chi connectivity index (χ4v) is 3.65. The highest BCUT2D eigenvalue weighted by atomic mass is 16.5. The van der Waals surface area contributed by atoms with Crippen molar-refractivity contribution in [2.75, 3.05) is 6.61 Å². The number of unbranched alkanes of at least 4 members (excludes halogenated alkanes) is 2. The van der Waals surface area contributed by atoms with Crippen LogP contribution in [0.15, 0.2) is 6.07 Å². The molecule has 0 saturated heterocycles. The van der Waals surface area contributed by atoms with Gasteiger partial charge in [0.2, 0.25) is 0 Å². The molecule has 0 aliphatic rings. The Morgan fingerprint density at radius 2 is 1.62 bits per heavy atom. The number of ether oxygens (including phenoxy) is 1. The summed E-state index contributed by atoms with van der Waals surface area (Å²) in [4.78, 5) is 12.2. The lowest BCUT2D eigenvalue weighted by Crippen LogP contribution is -2.20. The Balaban J connectivity index is 2.81. The molecule has 4 nitrogen and oxygen atoms in total. The molecule has 0 aliphatic carbocycles. The van der Waals surface area contributed by atoms with Gasteiger partial charge in [0.15, 0.2) is 0 Å². The molecule has 4 heteroatoms. The first-order chi connectivity index (χ1) is 13.2. The third kappa shape index (κ3) is 7.91. The quantitative estimate of drug-likeness (QED) is 0.283. The lowest BCUT2D eigenvalue weighted by atomic mass is 9.76. The van der Waals surface area contributed by atoms with Crippen LogP contribution in [0, 0.1) is 5.92 Å². The van der Waals surface area contributed by atoms with Crippen molar-refractivity contribution in [1.82, 2.24) is 0 Å². The molecule has 0 spiro atoms. The van der Waals surface area contributed by atoms with Crippen LogP contribution in [-0.2, 0) is 26.8 Å². The zero-order chi connectivity index (χ0) is 22.4. The normalized spacial score (nSPS) is 12.4. The minimum atomic E-state index is -0.363. The maximum Gasteiger partial charge on any atom is 0.306 e. The number of rotatable bonds is 9. The maximum atomic E-state index is 12.2. The third-order valence-corrected chi connectivity index (χ3v) is 5.21. The van der Waals surface area contributed by atoms with E-state index in [1.165, 1.54) is 6.42 Å². The van der Waals surface area contributed by atoms with Gasteiger partial charge >= 0.3 is 5.97 Å². The molecule has 29 heavy (non-hydrogen) atoms. The molecule has 0 unspecified atom stereocenters. The first-order valence-electron chi connectivity index (χ1n) is 11.0. The molecule has 0 heterocycles. The molecule has 0 radical (unpaired) electrons. The van der Waals surface area contributed by atoms with Gasteiger partial charge in [-0.1, -0.05) is 74.7 Å². The second-order valence-corrected chi connectivity index (χ2v) is 10.6. The van der Waals surface area contributed by atoms with Crippen LogP contribution in [0.1, 0.15) is 104 Å². The highest BCUT2D eigenvalue weighted by Gasteiger charge is 2.30. The van der Waals surface area contributed by atoms with E-state index in [1.807, 2.05) is 41.5 Å². The molecule has 1 aromatic rings. The monoisotopic (exact) mass is 406 g/mol. The van der Waals surface area contributed by atoms with Crippen LogP contribution in [0.5, 0.6) is 11.5 Å². The Bertz CT molecular complexity index is 676. The highest BCUT2D eigenvalue weighted by molar-refractivity contribution is 5.70. The highest BCUT2D eigenvalue weighted by Crippen LogP contribution is 2.45. The average Bonchev–Trinajstić information content (AvgIpc) is 2.55. The maximum absolute atomic E-state index is 12.2. The van der Waals surface area contributed by atoms with E-state index >= 15 is 0 Å². The van der Waals surface area contributed by atoms with Crippen molar-refractivity contribution in [2.24, 2.45) is 5.92 Å². The molecule has 1 rings (SSSR count). The molecule has 0 amide bonds. The van der Waals surface area contributed by atoms with E-state index in [0.29, 0.717) is 35.6 Å². The largest absolute Gasteiger partial charge is 0.508 e. The summed E-state index contributed by atoms with van der Waals surface area (Å²) in [7, 11) is 0. The number of hydrogen-bond acceptors (Lipinski definition) is 4. The van der Waals surface area contributed by atoms with Crippen molar-refractivity contribution in [2.45, 2.75) is 105 Å². The molecule has 166 valence electrons. The molecule has 0 fully saturated rings. The second-order valence-electron chi connectivity index (χ2n) is 10.6. The summed E-state index contributed by atoms with van der Waals surface area (Å²) in [6.45, 7) is 16.9. The Morgan fingerprint density at radius 1 is 1.00 bits per heavy atom. The van der Waals surface area contributed by atoms with Crippen molar-refractivity contribution in [3.8, 4) is 11.5 Å². The van der Waals surface area contributed by atoms with E-state index in [1.54, 1.807) is 6.07 Å². The second kappa shape index (κ2) is 10.4. The van der Waals surface area contributed by atoms with Gasteiger partial charge in [-0.15, -0.1) is 0 Å². The molecule has 0 saturated carbocycles. The first kappa shape index (κ1) is 25.3. The lowest BCUT2D eigenvalue weighted by molar-refractivity contribution is -0.143. The van der Waals surface area contributed by atoms with Crippen LogP contribution < -0.4 is 0 Å². The summed E-state index contributed by atoms with van der Waals surface area (Å²) in [6, 6.07) is 1.64. The van der Waals surface area contributed by atoms with Crippen molar-refractivity contribution >= 4 is 5.97 Å². The van der Waals surface area contributed by atoms with Crippen LogP contribution in [0.4, 0.5) is 0 Å². The average molecular weight is 407 g/mol. The molecule has 0 atom stereocenters. The number of phenolic OH excluding ortho intramolecular Hbond substituents is 2. The Hall–Kier alpha value is -1.71. The van der Waals surface area contributed by atoms with Gasteiger partial charge < -0.3 is 14.9 Å². The van der Waals surface area contributed by atoms with Gasteiger partial charge in [0, 0.05) is 23.1 Å². The zero-order valence-corrected chi connectivity index (χ0v) is 19.8. The Kier molecular flexibility index (Phi) is 9.05. The molecule has 0 aromatic heterocycles. The number of phenols is 2. The van der Waals surface area contributed by atoms with Crippen LogP contribution in [0.25, 0.3) is 0 Å². The van der Waals surface area contributed by atoms with E-state index in [2.05, 4.69) is 13.8 Å². The summed E-state index contributed by atoms with van der Waals surface area (Å²) < 4.78 is 5.36. The van der Waals surface area contributed by atoms with Crippen molar-refractivity contribution in [3.63, 3.8) is 0 Å². The smallest absolute Gasteiger partial charge is 0.306 e. The molecular weight excluding hydrogens is 364 g/mol. The molecule has 0 aliphatic heterocycles. The molecule has 0 bridgehead atoms. The number of esters is 1. The van der Waals surface area contributed by atoms with Crippen molar-refractivity contribution in [3.05, 3.63) is 22.8 Å². The summed E-state index contributed by atoms with van der Waals surface area (Å²) in [5.41, 5.74) is 1.40. The topological polar surface area (TPSA) is 66.8 Å². The third-order valence-electron chi connectivity index (χ3n) is 5.21. The summed E-state index contributed by atoms with van der Waals surface area (Å²) in [6.07, 6.45) is 4.87. The minimum absolute atomic E-state index is 0.138. The SMILES string of the molecule is CC(C)CCCCCOC(=O)CCc1c(O)cc(C(C)(C)C)c(O)c1C(C)(C)C. The standard InChI is InChI=1S/C25H42O4/c1-17(2)12-10-9-11-15-29-21(27)14-13-18-20(26)16-19(24(3,4)5)23(28)22(18)25(6,7)8/h16-17,26,28H,9-15H2,1-8H3. The van der Waals surface area contributed by atoms with Crippen LogP contribution in [0.2, 0.25) is 0 Å². The minimum Gasteiger partial charge on any atom is -0.508 e. The van der Waals surface area contributed by atoms with Gasteiger partial charge in [0.25, 0.3) is 0 Å². The lowest BCUT2D eigenvalue weighted by Gasteiger charge is -2.30. The van der Waals surface area contributed by atoms with Crippen LogP contribution in [-0.4, -0.2) is 22.8 Å². The van der Waals surface area contributed by atoms with E-state index in [9.17, 15) is 15.0 Å². The zero-order valence-electron chi connectivity index (χ0n) is 19.8. The Labute approximate surface area is 177 Å². The van der Waals surface area contributed by atoms with Crippen LogP contribution in [0.3, 0.4) is 0 Å². The van der Waals surface area contributed by atoms with Crippen molar-refractivity contribution < 1.29 is 19.7 Å². The number of carbonyl (C=O) groups excluding carboxylic acids is 1. The number of benzene rings is 1. The van der Waals surface area contributed by atoms with E-state index in [0.717, 1.165) is 19.3 Å². The number of hydrogen-bond donors (Lipinski definition) is 2. The molecule has 1 aromatic carbocycles. The van der Waals surface area contributed by atoms with E-state index in [-0.39, 0.29) is 34.7 Å². The van der Waals surface area contributed by atoms with E-state index in [4.69, 9.17) is 4.74 Å². The van der Waals surface area contributed by atoms with E-state index < -0.39 is 0 Å². The number of aromatic hydroxyl groups is 2. The van der Waals surface area contributed by atoms with Gasteiger partial charge in [0.05, 0.1) is 6.61 Å². The first-order valence-corrected chi connectivity index (χ1v) is 11.0. The Morgan fingerprint density at radius 3 is 2.14 bits per heavy atom. The van der Waals surface area contributed by atoms with Gasteiger partial charge in [-0.2, -0.15) is 0 Å². The predicted molar refractivity (Wildman–Crippen MR) is 120 cm³/mol. The van der Waals surface area contributed by atoms with Gasteiger partial charge in [0.1, 0.15) is 11.5 Å². The fourth-order valence-electron chi connectivity index (χ4n) is 3.65. The number of carbonyl (C=O) groups is 1. The molecule has 2 N–H and O–H groups in total. The van der Waals surface area contributed by atoms with Gasteiger partial charge in [-0.05, 0) is 35.7 Å². The van der Waals surface area contributed by atoms with Crippen molar-refractivity contribution in [1.29, 1.82) is 0 Å². The van der Waals surface area contributed by atoms with Gasteiger partial charge in [-0.3, -0.25) is 4.79 Å². The summed E-state index contributed by atoms with van der Waals surface area (Å²) >= 11 is 0. The molecular formula is C25H42O4. The van der Waals surface area contributed by atoms with Crippen LogP contribution >= 0.6 is 0 Å². The predicted octanol–water partition coefficient (Wildman–Crippen LogP) is 6.39. The summed E-state index contributed by atoms with van der Waals surface area (Å²) in [5.74, 6) is 0.811. The van der Waals surface area contributed by atoms with Gasteiger partial charge in [-0.25, -0.2) is 0 Å².